The van der Waals surface area contributed by atoms with Crippen LogP contribution in [0.25, 0.3) is 0 Å². The van der Waals surface area contributed by atoms with Gasteiger partial charge in [0.25, 0.3) is 0 Å². The van der Waals surface area contributed by atoms with Crippen molar-refractivity contribution in [2.45, 2.75) is 38.8 Å². The standard InChI is InChI=1S/C21H23N5O3/c1-12(26-20(28)17-14-4-5-15(8-14)18(17)21(26)29)19(27)24-16-6-2-13(3-7-16)9-25-11-22-10-23-25/h2-3,6-7,10-12,14-15,17-18H,4-5,8-9H2,1H3,(H,24,27)/t12-,14+,15+,17-,18-/m1/s1. The first-order valence-electron chi connectivity index (χ1n) is 10.1. The number of fused-ring (bicyclic) bond motifs is 5. The third kappa shape index (κ3) is 2.94. The highest BCUT2D eigenvalue weighted by Crippen LogP contribution is 2.56. The van der Waals surface area contributed by atoms with Gasteiger partial charge < -0.3 is 5.32 Å². The largest absolute Gasteiger partial charge is 0.324 e. The van der Waals surface area contributed by atoms with E-state index in [4.69, 9.17) is 0 Å². The second-order valence-electron chi connectivity index (χ2n) is 8.39. The summed E-state index contributed by atoms with van der Waals surface area (Å²) in [6.07, 6.45) is 6.17. The topological polar surface area (TPSA) is 97.2 Å². The summed E-state index contributed by atoms with van der Waals surface area (Å²) in [6.45, 7) is 2.22. The molecule has 8 heteroatoms. The first-order valence-corrected chi connectivity index (χ1v) is 10.1. The number of hydrogen-bond acceptors (Lipinski definition) is 5. The van der Waals surface area contributed by atoms with E-state index in [0.717, 1.165) is 24.8 Å². The van der Waals surface area contributed by atoms with Gasteiger partial charge in [0.15, 0.2) is 0 Å². The molecule has 3 amide bonds. The Morgan fingerprint density at radius 3 is 2.38 bits per heavy atom. The molecule has 1 aromatic heterocycles. The lowest BCUT2D eigenvalue weighted by molar-refractivity contribution is -0.146. The summed E-state index contributed by atoms with van der Waals surface area (Å²) >= 11 is 0. The fourth-order valence-electron chi connectivity index (χ4n) is 5.37. The summed E-state index contributed by atoms with van der Waals surface area (Å²) in [7, 11) is 0. The van der Waals surface area contributed by atoms with E-state index in [1.165, 1.54) is 11.2 Å². The minimum absolute atomic E-state index is 0.155. The maximum Gasteiger partial charge on any atom is 0.247 e. The summed E-state index contributed by atoms with van der Waals surface area (Å²) in [5.41, 5.74) is 1.65. The van der Waals surface area contributed by atoms with Crippen molar-refractivity contribution in [1.29, 1.82) is 0 Å². The average Bonchev–Trinajstić information content (AvgIpc) is 3.49. The maximum atomic E-state index is 12.9. The van der Waals surface area contributed by atoms with E-state index in [1.54, 1.807) is 30.1 Å². The number of nitrogens with one attached hydrogen (secondary N) is 1. The van der Waals surface area contributed by atoms with E-state index in [-0.39, 0.29) is 29.6 Å². The first-order chi connectivity index (χ1) is 14.0. The number of nitrogens with zero attached hydrogens (tertiary/aromatic N) is 4. The van der Waals surface area contributed by atoms with Gasteiger partial charge in [-0.05, 0) is 55.7 Å². The Kier molecular flexibility index (Phi) is 4.22. The van der Waals surface area contributed by atoms with Crippen LogP contribution in [0.4, 0.5) is 5.69 Å². The van der Waals surface area contributed by atoms with Crippen molar-refractivity contribution in [3.8, 4) is 0 Å². The number of amides is 3. The minimum atomic E-state index is -0.810. The summed E-state index contributed by atoms with van der Waals surface area (Å²) in [6, 6.07) is 6.60. The molecule has 2 heterocycles. The summed E-state index contributed by atoms with van der Waals surface area (Å²) in [4.78, 5) is 43.7. The predicted octanol–water partition coefficient (Wildman–Crippen LogP) is 1.68. The minimum Gasteiger partial charge on any atom is -0.324 e. The number of rotatable bonds is 5. The molecule has 29 heavy (non-hydrogen) atoms. The van der Waals surface area contributed by atoms with Crippen LogP contribution in [0.2, 0.25) is 0 Å². The SMILES string of the molecule is C[C@H](C(=O)Nc1ccc(Cn2cncn2)cc1)N1C(=O)[C@@H]2[C@H]3CC[C@@H](C3)[C@H]2C1=O. The Hall–Kier alpha value is -3.03. The van der Waals surface area contributed by atoms with Gasteiger partial charge in [0.1, 0.15) is 18.7 Å². The highest BCUT2D eigenvalue weighted by atomic mass is 16.2. The zero-order valence-corrected chi connectivity index (χ0v) is 16.2. The molecule has 1 aromatic carbocycles. The van der Waals surface area contributed by atoms with E-state index < -0.39 is 6.04 Å². The van der Waals surface area contributed by atoms with Gasteiger partial charge >= 0.3 is 0 Å². The lowest BCUT2D eigenvalue weighted by Gasteiger charge is -2.23. The van der Waals surface area contributed by atoms with Crippen molar-refractivity contribution >= 4 is 23.4 Å². The zero-order valence-electron chi connectivity index (χ0n) is 16.2. The number of anilines is 1. The van der Waals surface area contributed by atoms with Crippen LogP contribution in [0.5, 0.6) is 0 Å². The molecule has 3 aliphatic rings. The molecular formula is C21H23N5O3. The molecule has 1 saturated heterocycles. The number of carbonyl (C=O) groups excluding carboxylic acids is 3. The highest BCUT2D eigenvalue weighted by molar-refractivity contribution is 6.10. The van der Waals surface area contributed by atoms with Crippen LogP contribution in [0.1, 0.15) is 31.7 Å². The molecule has 2 saturated carbocycles. The van der Waals surface area contributed by atoms with Crippen LogP contribution in [0.15, 0.2) is 36.9 Å². The molecule has 0 unspecified atom stereocenters. The maximum absolute atomic E-state index is 12.9. The van der Waals surface area contributed by atoms with Crippen LogP contribution in [0, 0.1) is 23.7 Å². The molecule has 5 atom stereocenters. The van der Waals surface area contributed by atoms with Crippen LogP contribution >= 0.6 is 0 Å². The van der Waals surface area contributed by atoms with Crippen molar-refractivity contribution in [2.24, 2.45) is 23.7 Å². The highest BCUT2D eigenvalue weighted by Gasteiger charge is 2.62. The molecule has 2 aliphatic carbocycles. The van der Waals surface area contributed by atoms with Gasteiger partial charge in [0.2, 0.25) is 17.7 Å². The number of aromatic nitrogens is 3. The monoisotopic (exact) mass is 393 g/mol. The molecule has 150 valence electrons. The van der Waals surface area contributed by atoms with Gasteiger partial charge in [-0.15, -0.1) is 0 Å². The smallest absolute Gasteiger partial charge is 0.247 e. The second kappa shape index (κ2) is 6.79. The molecule has 1 aliphatic heterocycles. The van der Waals surface area contributed by atoms with Gasteiger partial charge in [-0.3, -0.25) is 19.3 Å². The van der Waals surface area contributed by atoms with E-state index in [1.807, 2.05) is 12.1 Å². The van der Waals surface area contributed by atoms with Crippen molar-refractivity contribution < 1.29 is 14.4 Å². The van der Waals surface area contributed by atoms with Crippen LogP contribution in [-0.2, 0) is 20.9 Å². The third-order valence-electron chi connectivity index (χ3n) is 6.76. The predicted molar refractivity (Wildman–Crippen MR) is 103 cm³/mol. The number of hydrogen-bond donors (Lipinski definition) is 1. The van der Waals surface area contributed by atoms with Gasteiger partial charge in [0.05, 0.1) is 18.4 Å². The van der Waals surface area contributed by atoms with Crippen LogP contribution in [0.3, 0.4) is 0 Å². The van der Waals surface area contributed by atoms with E-state index in [2.05, 4.69) is 15.4 Å². The van der Waals surface area contributed by atoms with Crippen LogP contribution in [-0.4, -0.2) is 43.4 Å². The average molecular weight is 393 g/mol. The van der Waals surface area contributed by atoms with Gasteiger partial charge in [-0.1, -0.05) is 12.1 Å². The summed E-state index contributed by atoms with van der Waals surface area (Å²) in [5.74, 6) is -0.419. The van der Waals surface area contributed by atoms with Gasteiger partial charge in [-0.25, -0.2) is 9.67 Å². The lowest BCUT2D eigenvalue weighted by atomic mass is 9.81. The van der Waals surface area contributed by atoms with E-state index in [0.29, 0.717) is 24.1 Å². The molecule has 8 nitrogen and oxygen atoms in total. The number of carbonyl (C=O) groups is 3. The summed E-state index contributed by atoms with van der Waals surface area (Å²) < 4.78 is 1.71. The molecule has 1 N–H and O–H groups in total. The Balaban J connectivity index is 1.25. The van der Waals surface area contributed by atoms with Gasteiger partial charge in [-0.2, -0.15) is 5.10 Å². The van der Waals surface area contributed by atoms with Crippen LogP contribution < -0.4 is 5.32 Å². The van der Waals surface area contributed by atoms with Gasteiger partial charge in [0, 0.05) is 5.69 Å². The number of likely N-dealkylation sites (tertiary alicyclic amines) is 1. The Bertz CT molecular complexity index is 927. The molecule has 2 bridgehead atoms. The van der Waals surface area contributed by atoms with Crippen molar-refractivity contribution in [3.05, 3.63) is 42.5 Å². The fraction of sp³-hybridized carbons (Fsp3) is 0.476. The first kappa shape index (κ1) is 18.0. The Morgan fingerprint density at radius 1 is 1.14 bits per heavy atom. The fourth-order valence-corrected chi connectivity index (χ4v) is 5.37. The Morgan fingerprint density at radius 2 is 1.79 bits per heavy atom. The summed E-state index contributed by atoms with van der Waals surface area (Å²) in [5, 5.41) is 6.90. The number of benzene rings is 1. The quantitative estimate of drug-likeness (QED) is 0.780. The van der Waals surface area contributed by atoms with E-state index in [9.17, 15) is 14.4 Å². The molecule has 2 aromatic rings. The normalized spacial score (nSPS) is 28.7. The molecular weight excluding hydrogens is 370 g/mol. The van der Waals surface area contributed by atoms with Crippen molar-refractivity contribution in [2.75, 3.05) is 5.32 Å². The molecule has 0 spiro atoms. The van der Waals surface area contributed by atoms with E-state index >= 15 is 0 Å². The van der Waals surface area contributed by atoms with Crippen molar-refractivity contribution in [1.82, 2.24) is 19.7 Å². The lowest BCUT2D eigenvalue weighted by Crippen LogP contribution is -2.46. The third-order valence-corrected chi connectivity index (χ3v) is 6.76. The molecule has 0 radical (unpaired) electrons. The second-order valence-corrected chi connectivity index (χ2v) is 8.39. The molecule has 3 fully saturated rings. The van der Waals surface area contributed by atoms with Crippen molar-refractivity contribution in [3.63, 3.8) is 0 Å². The Labute approximate surface area is 168 Å². The molecule has 5 rings (SSSR count). The zero-order chi connectivity index (χ0) is 20.1. The number of imide groups is 1.